The molecule has 0 fully saturated rings. The van der Waals surface area contributed by atoms with Crippen LogP contribution in [0.5, 0.6) is 0 Å². The number of hydrogen-bond donors (Lipinski definition) is 1. The van der Waals surface area contributed by atoms with Crippen LogP contribution in [0.25, 0.3) is 0 Å². The Labute approximate surface area is 82.4 Å². The molecule has 1 N–H and O–H groups in total. The Morgan fingerprint density at radius 3 is 2.47 bits per heavy atom. The van der Waals surface area contributed by atoms with Crippen LogP contribution in [-0.2, 0) is 0 Å². The fourth-order valence-corrected chi connectivity index (χ4v) is 1.11. The number of rotatable bonds is 2. The van der Waals surface area contributed by atoms with Crippen molar-refractivity contribution in [1.29, 1.82) is 5.26 Å². The number of carboxylic acid groups (broad SMARTS) is 1. The molecule has 1 rings (SSSR count). The number of nitrogens with zero attached hydrogens (tertiary/aromatic N) is 1. The first-order valence-electron chi connectivity index (χ1n) is 3.73. The van der Waals surface area contributed by atoms with Gasteiger partial charge in [-0.15, -0.1) is 0 Å². The maximum Gasteiger partial charge on any atom is 0.337 e. The molecular formula is C9H4F3NO2. The topological polar surface area (TPSA) is 61.1 Å². The molecule has 0 heterocycles. The molecule has 1 aromatic carbocycles. The zero-order chi connectivity index (χ0) is 11.6. The summed E-state index contributed by atoms with van der Waals surface area (Å²) in [6.45, 7) is 0. The van der Waals surface area contributed by atoms with Crippen molar-refractivity contribution in [2.75, 3.05) is 0 Å². The lowest BCUT2D eigenvalue weighted by atomic mass is 10.0. The van der Waals surface area contributed by atoms with Crippen molar-refractivity contribution in [3.05, 3.63) is 34.6 Å². The van der Waals surface area contributed by atoms with Gasteiger partial charge in [0.05, 0.1) is 16.7 Å². The van der Waals surface area contributed by atoms with Crippen LogP contribution >= 0.6 is 0 Å². The van der Waals surface area contributed by atoms with Gasteiger partial charge < -0.3 is 5.11 Å². The van der Waals surface area contributed by atoms with Crippen molar-refractivity contribution in [2.24, 2.45) is 0 Å². The Morgan fingerprint density at radius 1 is 1.47 bits per heavy atom. The highest BCUT2D eigenvalue weighted by Gasteiger charge is 2.23. The second kappa shape index (κ2) is 4.00. The van der Waals surface area contributed by atoms with E-state index in [0.717, 1.165) is 6.07 Å². The largest absolute Gasteiger partial charge is 0.478 e. The van der Waals surface area contributed by atoms with Crippen molar-refractivity contribution >= 4 is 5.97 Å². The van der Waals surface area contributed by atoms with Crippen LogP contribution in [0.2, 0.25) is 0 Å². The van der Waals surface area contributed by atoms with Gasteiger partial charge in [0.25, 0.3) is 6.43 Å². The quantitative estimate of drug-likeness (QED) is 0.823. The van der Waals surface area contributed by atoms with E-state index in [4.69, 9.17) is 10.4 Å². The zero-order valence-corrected chi connectivity index (χ0v) is 7.17. The minimum Gasteiger partial charge on any atom is -0.478 e. The summed E-state index contributed by atoms with van der Waals surface area (Å²) < 4.78 is 37.6. The lowest BCUT2D eigenvalue weighted by molar-refractivity contribution is 0.0696. The molecular weight excluding hydrogens is 211 g/mol. The van der Waals surface area contributed by atoms with E-state index >= 15 is 0 Å². The third kappa shape index (κ3) is 1.91. The van der Waals surface area contributed by atoms with Gasteiger partial charge in [0.15, 0.2) is 0 Å². The van der Waals surface area contributed by atoms with Crippen LogP contribution in [0.1, 0.15) is 27.9 Å². The van der Waals surface area contributed by atoms with Gasteiger partial charge in [0.1, 0.15) is 11.9 Å². The van der Waals surface area contributed by atoms with Crippen LogP contribution in [0.3, 0.4) is 0 Å². The van der Waals surface area contributed by atoms with Gasteiger partial charge in [-0.25, -0.2) is 18.0 Å². The van der Waals surface area contributed by atoms with Crippen molar-refractivity contribution < 1.29 is 23.1 Å². The predicted octanol–water partition coefficient (Wildman–Crippen LogP) is 2.33. The SMILES string of the molecule is N#Cc1c(C(=O)O)ccc(F)c1C(F)F. The molecule has 3 nitrogen and oxygen atoms in total. The van der Waals surface area contributed by atoms with Crippen LogP contribution in [0, 0.1) is 17.1 Å². The van der Waals surface area contributed by atoms with E-state index in [9.17, 15) is 18.0 Å². The minimum atomic E-state index is -3.22. The third-order valence-corrected chi connectivity index (χ3v) is 1.75. The van der Waals surface area contributed by atoms with Gasteiger partial charge in [-0.2, -0.15) is 5.26 Å². The summed E-state index contributed by atoms with van der Waals surface area (Å²) in [4.78, 5) is 10.5. The molecule has 0 aliphatic rings. The Bertz CT molecular complexity index is 451. The van der Waals surface area contributed by atoms with Gasteiger partial charge in [-0.05, 0) is 12.1 Å². The zero-order valence-electron chi connectivity index (χ0n) is 7.17. The van der Waals surface area contributed by atoms with E-state index in [1.165, 1.54) is 6.07 Å². The number of alkyl halides is 2. The van der Waals surface area contributed by atoms with Crippen molar-refractivity contribution in [3.8, 4) is 6.07 Å². The molecule has 0 spiro atoms. The van der Waals surface area contributed by atoms with Gasteiger partial charge in [-0.3, -0.25) is 0 Å². The monoisotopic (exact) mass is 215 g/mol. The van der Waals surface area contributed by atoms with E-state index in [0.29, 0.717) is 6.07 Å². The molecule has 0 saturated heterocycles. The second-order valence-electron chi connectivity index (χ2n) is 2.60. The van der Waals surface area contributed by atoms with Crippen molar-refractivity contribution in [3.63, 3.8) is 0 Å². The lowest BCUT2D eigenvalue weighted by Crippen LogP contribution is -2.06. The molecule has 6 heteroatoms. The average molecular weight is 215 g/mol. The molecule has 0 amide bonds. The number of hydrogen-bond acceptors (Lipinski definition) is 2. The van der Waals surface area contributed by atoms with Crippen LogP contribution in [0.4, 0.5) is 13.2 Å². The summed E-state index contributed by atoms with van der Waals surface area (Å²) in [5, 5.41) is 17.1. The fraction of sp³-hybridized carbons (Fsp3) is 0.111. The highest BCUT2D eigenvalue weighted by atomic mass is 19.3. The molecule has 1 aromatic rings. The predicted molar refractivity (Wildman–Crippen MR) is 43.0 cm³/mol. The highest BCUT2D eigenvalue weighted by Crippen LogP contribution is 2.27. The van der Waals surface area contributed by atoms with Gasteiger partial charge >= 0.3 is 5.97 Å². The molecule has 0 atom stereocenters. The highest BCUT2D eigenvalue weighted by molar-refractivity contribution is 5.91. The first-order valence-corrected chi connectivity index (χ1v) is 3.73. The van der Waals surface area contributed by atoms with E-state index < -0.39 is 34.9 Å². The molecule has 78 valence electrons. The summed E-state index contributed by atoms with van der Waals surface area (Å²) in [5.41, 5.74) is -2.64. The van der Waals surface area contributed by atoms with Crippen molar-refractivity contribution in [2.45, 2.75) is 6.43 Å². The summed E-state index contributed by atoms with van der Waals surface area (Å²) in [6, 6.07) is 2.65. The second-order valence-corrected chi connectivity index (χ2v) is 2.60. The third-order valence-electron chi connectivity index (χ3n) is 1.75. The van der Waals surface area contributed by atoms with Crippen molar-refractivity contribution in [1.82, 2.24) is 0 Å². The molecule has 0 bridgehead atoms. The summed E-state index contributed by atoms with van der Waals surface area (Å²) in [6.07, 6.45) is -3.22. The van der Waals surface area contributed by atoms with Gasteiger partial charge in [0, 0.05) is 0 Å². The molecule has 0 unspecified atom stereocenters. The smallest absolute Gasteiger partial charge is 0.337 e. The molecule has 15 heavy (non-hydrogen) atoms. The number of aromatic carboxylic acids is 1. The van der Waals surface area contributed by atoms with Gasteiger partial charge in [0.2, 0.25) is 0 Å². The Kier molecular flexibility index (Phi) is 2.95. The summed E-state index contributed by atoms with van der Waals surface area (Å²) in [7, 11) is 0. The number of halogens is 3. The number of benzene rings is 1. The minimum absolute atomic E-state index is 0.603. The summed E-state index contributed by atoms with van der Waals surface area (Å²) >= 11 is 0. The molecule has 0 saturated carbocycles. The number of carbonyl (C=O) groups is 1. The summed E-state index contributed by atoms with van der Waals surface area (Å²) in [5.74, 6) is -2.83. The normalized spacial score (nSPS) is 10.1. The van der Waals surface area contributed by atoms with Crippen LogP contribution in [-0.4, -0.2) is 11.1 Å². The first-order chi connectivity index (χ1) is 6.99. The first kappa shape index (κ1) is 11.0. The van der Waals surface area contributed by atoms with E-state index in [-0.39, 0.29) is 0 Å². The van der Waals surface area contributed by atoms with Crippen LogP contribution < -0.4 is 0 Å². The van der Waals surface area contributed by atoms with E-state index in [1.807, 2.05) is 0 Å². The molecule has 0 aliphatic heterocycles. The Morgan fingerprint density at radius 2 is 2.07 bits per heavy atom. The maximum absolute atomic E-state index is 12.9. The van der Waals surface area contributed by atoms with Crippen LogP contribution in [0.15, 0.2) is 12.1 Å². The fourth-order valence-electron chi connectivity index (χ4n) is 1.11. The lowest BCUT2D eigenvalue weighted by Gasteiger charge is -2.06. The number of nitriles is 1. The maximum atomic E-state index is 12.9. The standard InChI is InChI=1S/C9H4F3NO2/c10-6-2-1-4(9(14)15)5(3-13)7(6)8(11)12/h1-2,8H,(H,14,15). The molecule has 0 aromatic heterocycles. The molecule has 0 radical (unpaired) electrons. The Hall–Kier alpha value is -2.03. The van der Waals surface area contributed by atoms with E-state index in [2.05, 4.69) is 0 Å². The molecule has 0 aliphatic carbocycles. The van der Waals surface area contributed by atoms with Gasteiger partial charge in [-0.1, -0.05) is 0 Å². The average Bonchev–Trinajstić information content (AvgIpc) is 2.15. The number of carboxylic acids is 1. The Balaban J connectivity index is 3.56. The van der Waals surface area contributed by atoms with E-state index in [1.54, 1.807) is 0 Å².